The van der Waals surface area contributed by atoms with Crippen LogP contribution in [0.4, 0.5) is 0 Å². The number of hydrogen-bond acceptors (Lipinski definition) is 2. The Morgan fingerprint density at radius 3 is 2.41 bits per heavy atom. The first-order valence-corrected chi connectivity index (χ1v) is 13.2. The molecule has 8 atom stereocenters. The molecule has 27 heavy (non-hydrogen) atoms. The van der Waals surface area contributed by atoms with Crippen LogP contribution in [0.1, 0.15) is 91.4 Å². The average molecular weight is 397 g/mol. The lowest BCUT2D eigenvalue weighted by Crippen LogP contribution is -2.53. The molecule has 4 saturated carbocycles. The molecule has 1 N–H and O–H groups in total. The number of rotatable bonds is 4. The zero-order chi connectivity index (χ0) is 19.4. The molecule has 0 spiro atoms. The van der Waals surface area contributed by atoms with Crippen LogP contribution in [0.15, 0.2) is 0 Å². The highest BCUT2D eigenvalue weighted by Gasteiger charge is 2.60. The van der Waals surface area contributed by atoms with Gasteiger partial charge in [0.1, 0.15) is 0 Å². The van der Waals surface area contributed by atoms with Crippen molar-refractivity contribution in [2.24, 2.45) is 46.3 Å². The highest BCUT2D eigenvalue weighted by atomic mass is 32.2. The molecule has 3 nitrogen and oxygen atoms in total. The summed E-state index contributed by atoms with van der Waals surface area (Å²) in [7, 11) is -3.84. The van der Waals surface area contributed by atoms with Crippen LogP contribution in [0, 0.1) is 46.3 Å². The molecule has 4 rings (SSSR count). The first-order chi connectivity index (χ1) is 12.7. The van der Waals surface area contributed by atoms with Crippen molar-refractivity contribution in [3.05, 3.63) is 0 Å². The predicted octanol–water partition coefficient (Wildman–Crippen LogP) is 5.95. The van der Waals surface area contributed by atoms with Gasteiger partial charge in [-0.25, -0.2) is 0 Å². The van der Waals surface area contributed by atoms with Crippen LogP contribution in [0.2, 0.25) is 0 Å². The summed E-state index contributed by atoms with van der Waals surface area (Å²) in [4.78, 5) is 0. The third kappa shape index (κ3) is 3.41. The molecule has 0 amide bonds. The van der Waals surface area contributed by atoms with E-state index in [0.29, 0.717) is 29.1 Å². The first kappa shape index (κ1) is 20.2. The fourth-order valence-electron chi connectivity index (χ4n) is 8.81. The Labute approximate surface area is 166 Å². The van der Waals surface area contributed by atoms with Crippen LogP contribution < -0.4 is 0 Å². The maximum absolute atomic E-state index is 11.2. The fraction of sp³-hybridized carbons (Fsp3) is 1.00. The van der Waals surface area contributed by atoms with E-state index in [9.17, 15) is 13.0 Å². The van der Waals surface area contributed by atoms with Gasteiger partial charge in [0.15, 0.2) is 0 Å². The molecule has 0 saturated heterocycles. The van der Waals surface area contributed by atoms with E-state index in [0.717, 1.165) is 23.7 Å². The Hall–Kier alpha value is -0.0900. The average Bonchev–Trinajstić information content (AvgIpc) is 2.96. The van der Waals surface area contributed by atoms with Gasteiger partial charge in [0, 0.05) is 0 Å². The van der Waals surface area contributed by atoms with Crippen LogP contribution >= 0.6 is 0 Å². The Balaban J connectivity index is 1.51. The lowest BCUT2D eigenvalue weighted by Gasteiger charge is -2.61. The Bertz CT molecular complexity index is 659. The van der Waals surface area contributed by atoms with Gasteiger partial charge in [0.2, 0.25) is 0 Å². The molecule has 156 valence electrons. The van der Waals surface area contributed by atoms with Crippen LogP contribution in [0.3, 0.4) is 0 Å². The minimum Gasteiger partial charge on any atom is -0.286 e. The highest BCUT2D eigenvalue weighted by molar-refractivity contribution is 7.85. The zero-order valence-corrected chi connectivity index (χ0v) is 18.4. The molecular weight excluding hydrogens is 356 g/mol. The van der Waals surface area contributed by atoms with E-state index in [2.05, 4.69) is 20.8 Å². The van der Waals surface area contributed by atoms with E-state index in [1.807, 2.05) is 0 Å². The van der Waals surface area contributed by atoms with Gasteiger partial charge in [-0.15, -0.1) is 0 Å². The largest absolute Gasteiger partial charge is 0.286 e. The summed E-state index contributed by atoms with van der Waals surface area (Å²) in [6.45, 7) is 7.40. The van der Waals surface area contributed by atoms with Crippen molar-refractivity contribution in [1.82, 2.24) is 0 Å². The monoisotopic (exact) mass is 396 g/mol. The van der Waals surface area contributed by atoms with Gasteiger partial charge in [0.05, 0.1) is 5.75 Å². The molecule has 4 heteroatoms. The third-order valence-corrected chi connectivity index (χ3v) is 10.9. The van der Waals surface area contributed by atoms with Crippen molar-refractivity contribution in [3.63, 3.8) is 0 Å². The first-order valence-electron chi connectivity index (χ1n) is 11.6. The number of fused-ring (bicyclic) bond motifs is 5. The molecule has 0 aromatic carbocycles. The molecule has 0 radical (unpaired) electrons. The second-order valence-electron chi connectivity index (χ2n) is 11.2. The van der Waals surface area contributed by atoms with Gasteiger partial charge in [-0.1, -0.05) is 33.6 Å². The van der Waals surface area contributed by atoms with Crippen molar-refractivity contribution >= 4 is 10.1 Å². The molecule has 0 bridgehead atoms. The van der Waals surface area contributed by atoms with E-state index in [1.54, 1.807) is 0 Å². The maximum atomic E-state index is 11.2. The van der Waals surface area contributed by atoms with Gasteiger partial charge in [-0.3, -0.25) is 4.55 Å². The van der Waals surface area contributed by atoms with Crippen molar-refractivity contribution in [2.75, 3.05) is 5.75 Å². The van der Waals surface area contributed by atoms with Gasteiger partial charge in [-0.05, 0) is 104 Å². The van der Waals surface area contributed by atoms with Crippen LogP contribution in [0.5, 0.6) is 0 Å². The van der Waals surface area contributed by atoms with Crippen LogP contribution in [0.25, 0.3) is 0 Å². The Kier molecular flexibility index (Phi) is 5.24. The molecule has 8 unspecified atom stereocenters. The summed E-state index contributed by atoms with van der Waals surface area (Å²) in [6, 6.07) is 0. The van der Waals surface area contributed by atoms with Gasteiger partial charge in [0.25, 0.3) is 10.1 Å². The molecule has 4 aliphatic rings. The number of hydrogen-bond donors (Lipinski definition) is 1. The predicted molar refractivity (Wildman–Crippen MR) is 110 cm³/mol. The quantitative estimate of drug-likeness (QED) is 0.597. The molecule has 0 aromatic rings. The summed E-state index contributed by atoms with van der Waals surface area (Å²) in [5, 5.41) is 0. The Morgan fingerprint density at radius 2 is 1.67 bits per heavy atom. The second kappa shape index (κ2) is 7.00. The SMILES string of the molecule is CC(CCS(=O)(=O)O)C1CCC2C3CCC4CCCCC4(C)C3CCC12C. The molecule has 0 aromatic heterocycles. The van der Waals surface area contributed by atoms with Crippen LogP contribution in [-0.4, -0.2) is 18.7 Å². The summed E-state index contributed by atoms with van der Waals surface area (Å²) in [6.07, 6.45) is 14.7. The normalized spacial score (nSPS) is 48.4. The lowest BCUT2D eigenvalue weighted by atomic mass is 9.44. The minimum absolute atomic E-state index is 0.0722. The van der Waals surface area contributed by atoms with E-state index in [1.165, 1.54) is 64.2 Å². The molecule has 4 fully saturated rings. The summed E-state index contributed by atoms with van der Waals surface area (Å²) >= 11 is 0. The fourth-order valence-corrected chi connectivity index (χ4v) is 9.48. The van der Waals surface area contributed by atoms with Crippen molar-refractivity contribution in [2.45, 2.75) is 91.4 Å². The van der Waals surface area contributed by atoms with E-state index in [4.69, 9.17) is 0 Å². The smallest absolute Gasteiger partial charge is 0.264 e. The van der Waals surface area contributed by atoms with Crippen molar-refractivity contribution in [3.8, 4) is 0 Å². The standard InChI is InChI=1S/C23H40O3S/c1-16(12-15-27(24,25)26)19-9-10-20-18-8-7-17-6-4-5-13-22(17,2)21(18)11-14-23(19,20)3/h16-21H,4-15H2,1-3H3,(H,24,25,26). The maximum Gasteiger partial charge on any atom is 0.264 e. The molecule has 0 aliphatic heterocycles. The van der Waals surface area contributed by atoms with Gasteiger partial charge in [-0.2, -0.15) is 8.42 Å². The van der Waals surface area contributed by atoms with Crippen LogP contribution in [-0.2, 0) is 10.1 Å². The van der Waals surface area contributed by atoms with Gasteiger partial charge < -0.3 is 0 Å². The second-order valence-corrected chi connectivity index (χ2v) is 12.8. The lowest BCUT2D eigenvalue weighted by molar-refractivity contribution is -0.114. The van der Waals surface area contributed by atoms with Gasteiger partial charge >= 0.3 is 0 Å². The van der Waals surface area contributed by atoms with E-state index >= 15 is 0 Å². The Morgan fingerprint density at radius 1 is 0.926 bits per heavy atom. The summed E-state index contributed by atoms with van der Waals surface area (Å²) < 4.78 is 31.6. The molecule has 4 aliphatic carbocycles. The summed E-state index contributed by atoms with van der Waals surface area (Å²) in [5.74, 6) is 4.60. The third-order valence-electron chi connectivity index (χ3n) is 10.2. The molecule has 0 heterocycles. The highest BCUT2D eigenvalue weighted by Crippen LogP contribution is 2.68. The van der Waals surface area contributed by atoms with Crippen molar-refractivity contribution in [1.29, 1.82) is 0 Å². The topological polar surface area (TPSA) is 54.4 Å². The minimum atomic E-state index is -3.84. The van der Waals surface area contributed by atoms with E-state index in [-0.39, 0.29) is 5.75 Å². The summed E-state index contributed by atoms with van der Waals surface area (Å²) in [5.41, 5.74) is 0.981. The van der Waals surface area contributed by atoms with E-state index < -0.39 is 10.1 Å². The zero-order valence-electron chi connectivity index (χ0n) is 17.6. The molecular formula is C23H40O3S. The van der Waals surface area contributed by atoms with Crippen molar-refractivity contribution < 1.29 is 13.0 Å².